The van der Waals surface area contributed by atoms with Crippen molar-refractivity contribution in [2.24, 2.45) is 5.92 Å². The summed E-state index contributed by atoms with van der Waals surface area (Å²) in [5, 5.41) is 11.2. The molecule has 1 atom stereocenters. The molecule has 1 fully saturated rings. The molecule has 9 heteroatoms. The first-order valence-corrected chi connectivity index (χ1v) is 10.7. The van der Waals surface area contributed by atoms with E-state index in [4.69, 9.17) is 14.2 Å². The lowest BCUT2D eigenvalue weighted by molar-refractivity contribution is 0.0944. The molecule has 1 aliphatic rings. The third kappa shape index (κ3) is 5.46. The van der Waals surface area contributed by atoms with Gasteiger partial charge in [-0.15, -0.1) is 5.10 Å². The largest absolute Gasteiger partial charge is 0.493 e. The standard InChI is InChI=1S/C22H33N5O4/c1-15(2)11-23-22(28)18-14-27(25-24-18)17-7-6-10-26(13-17)12-16-8-9-19(29-3)21(31-5)20(16)30-4/h8-9,14-15,17H,6-7,10-13H2,1-5H3,(H,23,28)/t17-/m0/s1. The minimum atomic E-state index is -0.178. The number of hydrogen-bond acceptors (Lipinski definition) is 7. The van der Waals surface area contributed by atoms with E-state index in [1.165, 1.54) is 0 Å². The molecule has 1 aromatic carbocycles. The normalized spacial score (nSPS) is 16.9. The average molecular weight is 432 g/mol. The molecule has 1 saturated heterocycles. The van der Waals surface area contributed by atoms with Crippen LogP contribution in [0.15, 0.2) is 18.3 Å². The topological polar surface area (TPSA) is 90.7 Å². The number of ether oxygens (including phenoxy) is 3. The lowest BCUT2D eigenvalue weighted by Crippen LogP contribution is -2.36. The van der Waals surface area contributed by atoms with Crippen LogP contribution in [0.25, 0.3) is 0 Å². The lowest BCUT2D eigenvalue weighted by atomic mass is 10.0. The minimum absolute atomic E-state index is 0.166. The molecule has 170 valence electrons. The first-order valence-electron chi connectivity index (χ1n) is 10.7. The van der Waals surface area contributed by atoms with E-state index in [2.05, 4.69) is 34.4 Å². The quantitative estimate of drug-likeness (QED) is 0.652. The molecule has 0 radical (unpaired) electrons. The van der Waals surface area contributed by atoms with E-state index in [1.807, 2.05) is 16.8 Å². The summed E-state index contributed by atoms with van der Waals surface area (Å²) in [6.45, 7) is 7.24. The van der Waals surface area contributed by atoms with Crippen molar-refractivity contribution < 1.29 is 19.0 Å². The molecule has 31 heavy (non-hydrogen) atoms. The van der Waals surface area contributed by atoms with Crippen molar-refractivity contribution in [3.63, 3.8) is 0 Å². The number of benzene rings is 1. The Balaban J connectivity index is 1.69. The number of carbonyl (C=O) groups is 1. The number of nitrogens with one attached hydrogen (secondary N) is 1. The summed E-state index contributed by atoms with van der Waals surface area (Å²) in [4.78, 5) is 14.6. The molecular formula is C22H33N5O4. The fourth-order valence-electron chi connectivity index (χ4n) is 3.87. The molecule has 0 aliphatic carbocycles. The maximum Gasteiger partial charge on any atom is 0.273 e. The molecule has 3 rings (SSSR count). The van der Waals surface area contributed by atoms with E-state index in [0.717, 1.165) is 38.0 Å². The molecule has 0 spiro atoms. The second kappa shape index (κ2) is 10.5. The Bertz CT molecular complexity index is 883. The Morgan fingerprint density at radius 2 is 1.97 bits per heavy atom. The van der Waals surface area contributed by atoms with E-state index >= 15 is 0 Å². The van der Waals surface area contributed by atoms with E-state index in [-0.39, 0.29) is 11.9 Å². The van der Waals surface area contributed by atoms with Gasteiger partial charge in [-0.3, -0.25) is 9.69 Å². The van der Waals surface area contributed by atoms with Crippen molar-refractivity contribution in [1.29, 1.82) is 0 Å². The number of piperidine rings is 1. The van der Waals surface area contributed by atoms with Crippen LogP contribution in [0.3, 0.4) is 0 Å². The molecule has 0 saturated carbocycles. The third-order valence-electron chi connectivity index (χ3n) is 5.45. The van der Waals surface area contributed by atoms with Crippen molar-refractivity contribution in [2.75, 3.05) is 41.0 Å². The summed E-state index contributed by atoms with van der Waals surface area (Å²) in [5.41, 5.74) is 1.40. The van der Waals surface area contributed by atoms with Crippen LogP contribution in [0.4, 0.5) is 0 Å². The second-order valence-electron chi connectivity index (χ2n) is 8.21. The molecule has 1 aromatic heterocycles. The van der Waals surface area contributed by atoms with Crippen LogP contribution in [0.2, 0.25) is 0 Å². The second-order valence-corrected chi connectivity index (χ2v) is 8.21. The molecule has 0 unspecified atom stereocenters. The first-order chi connectivity index (χ1) is 15.0. The van der Waals surface area contributed by atoms with Crippen LogP contribution < -0.4 is 19.5 Å². The molecule has 2 aromatic rings. The monoisotopic (exact) mass is 431 g/mol. The van der Waals surface area contributed by atoms with E-state index in [9.17, 15) is 4.79 Å². The summed E-state index contributed by atoms with van der Waals surface area (Å²) in [5.74, 6) is 2.14. The Morgan fingerprint density at radius 3 is 2.65 bits per heavy atom. The van der Waals surface area contributed by atoms with Crippen LogP contribution in [-0.4, -0.2) is 66.8 Å². The van der Waals surface area contributed by atoms with Gasteiger partial charge in [0.2, 0.25) is 5.75 Å². The number of nitrogens with zero attached hydrogens (tertiary/aromatic N) is 4. The first kappa shape index (κ1) is 22.9. The highest BCUT2D eigenvalue weighted by Gasteiger charge is 2.25. The Morgan fingerprint density at radius 1 is 1.19 bits per heavy atom. The van der Waals surface area contributed by atoms with Gasteiger partial charge in [-0.25, -0.2) is 4.68 Å². The van der Waals surface area contributed by atoms with Crippen LogP contribution in [-0.2, 0) is 6.54 Å². The Hall–Kier alpha value is -2.81. The fourth-order valence-corrected chi connectivity index (χ4v) is 3.87. The molecule has 1 N–H and O–H groups in total. The van der Waals surface area contributed by atoms with Gasteiger partial charge in [-0.2, -0.15) is 0 Å². The summed E-state index contributed by atoms with van der Waals surface area (Å²) in [7, 11) is 4.86. The predicted octanol–water partition coefficient (Wildman–Crippen LogP) is 2.53. The van der Waals surface area contributed by atoms with E-state index in [0.29, 0.717) is 35.4 Å². The predicted molar refractivity (Wildman–Crippen MR) is 117 cm³/mol. The summed E-state index contributed by atoms with van der Waals surface area (Å²) >= 11 is 0. The number of hydrogen-bond donors (Lipinski definition) is 1. The van der Waals surface area contributed by atoms with E-state index in [1.54, 1.807) is 27.5 Å². The van der Waals surface area contributed by atoms with Crippen molar-refractivity contribution in [3.05, 3.63) is 29.6 Å². The number of rotatable bonds is 9. The van der Waals surface area contributed by atoms with E-state index < -0.39 is 0 Å². The number of aromatic nitrogens is 3. The average Bonchev–Trinajstić information content (AvgIpc) is 3.27. The molecule has 9 nitrogen and oxygen atoms in total. The zero-order valence-electron chi connectivity index (χ0n) is 19.1. The van der Waals surface area contributed by atoms with Crippen molar-refractivity contribution in [2.45, 2.75) is 39.3 Å². The zero-order chi connectivity index (χ0) is 22.4. The molecule has 2 heterocycles. The van der Waals surface area contributed by atoms with Crippen molar-refractivity contribution in [1.82, 2.24) is 25.2 Å². The molecular weight excluding hydrogens is 398 g/mol. The third-order valence-corrected chi connectivity index (χ3v) is 5.45. The number of carbonyl (C=O) groups excluding carboxylic acids is 1. The van der Waals surface area contributed by atoms with Crippen LogP contribution in [0, 0.1) is 5.92 Å². The zero-order valence-corrected chi connectivity index (χ0v) is 19.1. The minimum Gasteiger partial charge on any atom is -0.493 e. The van der Waals surface area contributed by atoms with Gasteiger partial charge >= 0.3 is 0 Å². The van der Waals surface area contributed by atoms with Gasteiger partial charge in [0, 0.05) is 25.2 Å². The highest BCUT2D eigenvalue weighted by molar-refractivity contribution is 5.91. The smallest absolute Gasteiger partial charge is 0.273 e. The molecule has 1 aliphatic heterocycles. The van der Waals surface area contributed by atoms with Gasteiger partial charge in [-0.05, 0) is 31.4 Å². The molecule has 0 bridgehead atoms. The summed E-state index contributed by atoms with van der Waals surface area (Å²) < 4.78 is 18.3. The summed E-state index contributed by atoms with van der Waals surface area (Å²) in [6, 6.07) is 4.08. The maximum absolute atomic E-state index is 12.3. The van der Waals surface area contributed by atoms with Crippen molar-refractivity contribution >= 4 is 5.91 Å². The SMILES string of the molecule is COc1ccc(CN2CCC[C@H](n3cc(C(=O)NCC(C)C)nn3)C2)c(OC)c1OC. The fraction of sp³-hybridized carbons (Fsp3) is 0.591. The van der Waals surface area contributed by atoms with Gasteiger partial charge in [0.15, 0.2) is 17.2 Å². The van der Waals surface area contributed by atoms with Gasteiger partial charge in [0.05, 0.1) is 33.6 Å². The van der Waals surface area contributed by atoms with Crippen LogP contribution in [0.1, 0.15) is 48.8 Å². The van der Waals surface area contributed by atoms with Crippen LogP contribution in [0.5, 0.6) is 17.2 Å². The van der Waals surface area contributed by atoms with Crippen LogP contribution >= 0.6 is 0 Å². The van der Waals surface area contributed by atoms with Gasteiger partial charge in [0.1, 0.15) is 0 Å². The number of methoxy groups -OCH3 is 3. The Kier molecular flexibility index (Phi) is 7.73. The lowest BCUT2D eigenvalue weighted by Gasteiger charge is -2.33. The highest BCUT2D eigenvalue weighted by atomic mass is 16.5. The van der Waals surface area contributed by atoms with Crippen molar-refractivity contribution in [3.8, 4) is 17.2 Å². The summed E-state index contributed by atoms with van der Waals surface area (Å²) in [6.07, 6.45) is 3.78. The number of likely N-dealkylation sites (tertiary alicyclic amines) is 1. The maximum atomic E-state index is 12.3. The van der Waals surface area contributed by atoms with Gasteiger partial charge in [-0.1, -0.05) is 25.1 Å². The Labute approximate surface area is 183 Å². The van der Waals surface area contributed by atoms with Gasteiger partial charge < -0.3 is 19.5 Å². The molecule has 1 amide bonds. The highest BCUT2D eigenvalue weighted by Crippen LogP contribution is 2.40. The number of amides is 1. The van der Waals surface area contributed by atoms with Gasteiger partial charge in [0.25, 0.3) is 5.91 Å².